The average Bonchev–Trinajstić information content (AvgIpc) is 2.40. The summed E-state index contributed by atoms with van der Waals surface area (Å²) in [4.78, 5) is 23.7. The zero-order valence-electron chi connectivity index (χ0n) is 10.1. The first-order valence-electron chi connectivity index (χ1n) is 5.50. The second kappa shape index (κ2) is 5.55. The van der Waals surface area contributed by atoms with Crippen molar-refractivity contribution in [3.05, 3.63) is 62.0 Å². The number of benzene rings is 1. The lowest BCUT2D eigenvalue weighted by molar-refractivity contribution is 0.0965. The van der Waals surface area contributed by atoms with Crippen LogP contribution in [0.2, 0.25) is 10.0 Å². The molecule has 0 bridgehead atoms. The second-order valence-electron chi connectivity index (χ2n) is 4.06. The van der Waals surface area contributed by atoms with E-state index in [1.54, 1.807) is 12.1 Å². The lowest BCUT2D eigenvalue weighted by Crippen LogP contribution is -2.27. The van der Waals surface area contributed by atoms with Crippen LogP contribution in [0.5, 0.6) is 0 Å². The summed E-state index contributed by atoms with van der Waals surface area (Å²) in [7, 11) is 0. The fourth-order valence-corrected chi connectivity index (χ4v) is 1.80. The van der Waals surface area contributed by atoms with E-state index >= 15 is 0 Å². The molecule has 0 saturated heterocycles. The number of carbonyl (C=O) groups is 1. The third kappa shape index (κ3) is 3.03. The Labute approximate surface area is 119 Å². The van der Waals surface area contributed by atoms with Crippen molar-refractivity contribution in [3.8, 4) is 0 Å². The molecular formula is C13H10Cl2N2O2. The number of aryl methyl sites for hydroxylation is 1. The van der Waals surface area contributed by atoms with Gasteiger partial charge in [0.25, 0.3) is 5.56 Å². The highest BCUT2D eigenvalue weighted by Crippen LogP contribution is 2.14. The minimum Gasteiger partial charge on any atom is -0.292 e. The van der Waals surface area contributed by atoms with Gasteiger partial charge in [0.15, 0.2) is 5.78 Å². The third-order valence-corrected chi connectivity index (χ3v) is 3.36. The van der Waals surface area contributed by atoms with Crippen LogP contribution in [0.1, 0.15) is 15.9 Å². The molecule has 0 unspecified atom stereocenters. The standard InChI is InChI=1S/C13H10Cl2N2O2/c1-8-2-4-9(5-3-8)11(18)7-17-13(19)12(15)10(14)6-16-17/h2-6H,7H2,1H3. The van der Waals surface area contributed by atoms with Gasteiger partial charge in [0.1, 0.15) is 11.6 Å². The molecule has 19 heavy (non-hydrogen) atoms. The number of Topliss-reactive ketones (excluding diaryl/α,β-unsaturated/α-hetero) is 1. The average molecular weight is 297 g/mol. The molecule has 0 aliphatic carbocycles. The van der Waals surface area contributed by atoms with Gasteiger partial charge in [-0.2, -0.15) is 5.10 Å². The predicted octanol–water partition coefficient (Wildman–Crippen LogP) is 2.74. The maximum absolute atomic E-state index is 12.0. The summed E-state index contributed by atoms with van der Waals surface area (Å²) in [5, 5.41) is 3.73. The molecule has 4 nitrogen and oxygen atoms in total. The second-order valence-corrected chi connectivity index (χ2v) is 4.84. The molecule has 2 aromatic rings. The molecule has 1 aromatic carbocycles. The summed E-state index contributed by atoms with van der Waals surface area (Å²) < 4.78 is 0.996. The molecule has 0 saturated carbocycles. The first-order chi connectivity index (χ1) is 8.99. The lowest BCUT2D eigenvalue weighted by atomic mass is 10.1. The third-order valence-electron chi connectivity index (χ3n) is 2.61. The maximum atomic E-state index is 12.0. The summed E-state index contributed by atoms with van der Waals surface area (Å²) in [6.07, 6.45) is 1.24. The Morgan fingerprint density at radius 1 is 1.26 bits per heavy atom. The lowest BCUT2D eigenvalue weighted by Gasteiger charge is -2.05. The van der Waals surface area contributed by atoms with Gasteiger partial charge >= 0.3 is 0 Å². The van der Waals surface area contributed by atoms with Crippen molar-refractivity contribution in [3.63, 3.8) is 0 Å². The van der Waals surface area contributed by atoms with E-state index in [4.69, 9.17) is 23.2 Å². The molecule has 6 heteroatoms. The summed E-state index contributed by atoms with van der Waals surface area (Å²) in [5.41, 5.74) is 1.00. The first kappa shape index (κ1) is 13.8. The molecule has 0 amide bonds. The molecule has 0 atom stereocenters. The Hall–Kier alpha value is -1.65. The van der Waals surface area contributed by atoms with E-state index < -0.39 is 5.56 Å². The van der Waals surface area contributed by atoms with E-state index in [0.29, 0.717) is 5.56 Å². The number of hydrogen-bond acceptors (Lipinski definition) is 3. The number of halogens is 2. The molecule has 0 spiro atoms. The van der Waals surface area contributed by atoms with Gasteiger partial charge < -0.3 is 0 Å². The first-order valence-corrected chi connectivity index (χ1v) is 6.25. The van der Waals surface area contributed by atoms with Crippen LogP contribution in [0, 0.1) is 6.92 Å². The zero-order chi connectivity index (χ0) is 14.0. The fraction of sp³-hybridized carbons (Fsp3) is 0.154. The van der Waals surface area contributed by atoms with Crippen LogP contribution in [-0.4, -0.2) is 15.6 Å². The molecule has 0 N–H and O–H groups in total. The number of aromatic nitrogens is 2. The summed E-state index contributed by atoms with van der Waals surface area (Å²) in [6, 6.07) is 7.08. The Balaban J connectivity index is 2.27. The van der Waals surface area contributed by atoms with Crippen molar-refractivity contribution < 1.29 is 4.79 Å². The Morgan fingerprint density at radius 3 is 2.53 bits per heavy atom. The van der Waals surface area contributed by atoms with E-state index in [1.165, 1.54) is 6.20 Å². The van der Waals surface area contributed by atoms with Gasteiger partial charge in [-0.25, -0.2) is 4.68 Å². The van der Waals surface area contributed by atoms with Crippen molar-refractivity contribution in [2.45, 2.75) is 13.5 Å². The number of carbonyl (C=O) groups excluding carboxylic acids is 1. The molecule has 98 valence electrons. The quantitative estimate of drug-likeness (QED) is 0.819. The number of rotatable bonds is 3. The van der Waals surface area contributed by atoms with E-state index in [-0.39, 0.29) is 22.4 Å². The SMILES string of the molecule is Cc1ccc(C(=O)Cn2ncc(Cl)c(Cl)c2=O)cc1. The Kier molecular flexibility index (Phi) is 4.02. The maximum Gasteiger partial charge on any atom is 0.287 e. The van der Waals surface area contributed by atoms with Crippen LogP contribution in [-0.2, 0) is 6.54 Å². The van der Waals surface area contributed by atoms with Gasteiger partial charge in [0.05, 0.1) is 11.2 Å². The molecule has 2 rings (SSSR count). The largest absolute Gasteiger partial charge is 0.292 e. The minimum atomic E-state index is -0.574. The van der Waals surface area contributed by atoms with Gasteiger partial charge in [0, 0.05) is 5.56 Å². The smallest absolute Gasteiger partial charge is 0.287 e. The van der Waals surface area contributed by atoms with Crippen molar-refractivity contribution in [2.24, 2.45) is 0 Å². The van der Waals surface area contributed by atoms with Crippen LogP contribution in [0.25, 0.3) is 0 Å². The minimum absolute atomic E-state index is 0.0747. The topological polar surface area (TPSA) is 52.0 Å². The van der Waals surface area contributed by atoms with Crippen molar-refractivity contribution >= 4 is 29.0 Å². The number of ketones is 1. The molecule has 0 fully saturated rings. The normalized spacial score (nSPS) is 10.5. The molecule has 0 aliphatic heterocycles. The molecule has 1 aromatic heterocycles. The Bertz CT molecular complexity index is 678. The highest BCUT2D eigenvalue weighted by Gasteiger charge is 2.12. The molecule has 1 heterocycles. The van der Waals surface area contributed by atoms with E-state index in [0.717, 1.165) is 10.2 Å². The highest BCUT2D eigenvalue weighted by atomic mass is 35.5. The van der Waals surface area contributed by atoms with Crippen LogP contribution < -0.4 is 5.56 Å². The molecule has 0 aliphatic rings. The zero-order valence-corrected chi connectivity index (χ0v) is 11.6. The fourth-order valence-electron chi connectivity index (χ4n) is 1.52. The van der Waals surface area contributed by atoms with Crippen molar-refractivity contribution in [1.82, 2.24) is 9.78 Å². The predicted molar refractivity (Wildman–Crippen MR) is 74.0 cm³/mol. The van der Waals surface area contributed by atoms with E-state index in [2.05, 4.69) is 5.10 Å². The van der Waals surface area contributed by atoms with E-state index in [1.807, 2.05) is 19.1 Å². The van der Waals surface area contributed by atoms with Gasteiger partial charge in [-0.15, -0.1) is 0 Å². The number of hydrogen-bond donors (Lipinski definition) is 0. The van der Waals surface area contributed by atoms with Gasteiger partial charge in [-0.05, 0) is 6.92 Å². The van der Waals surface area contributed by atoms with Crippen LogP contribution in [0.3, 0.4) is 0 Å². The van der Waals surface area contributed by atoms with Crippen LogP contribution in [0.15, 0.2) is 35.3 Å². The van der Waals surface area contributed by atoms with Gasteiger partial charge in [0.2, 0.25) is 0 Å². The van der Waals surface area contributed by atoms with E-state index in [9.17, 15) is 9.59 Å². The molecule has 0 radical (unpaired) electrons. The highest BCUT2D eigenvalue weighted by molar-refractivity contribution is 6.41. The summed E-state index contributed by atoms with van der Waals surface area (Å²) in [6.45, 7) is 1.76. The van der Waals surface area contributed by atoms with Crippen molar-refractivity contribution in [2.75, 3.05) is 0 Å². The number of nitrogens with zero attached hydrogens (tertiary/aromatic N) is 2. The van der Waals surface area contributed by atoms with Crippen molar-refractivity contribution in [1.29, 1.82) is 0 Å². The van der Waals surface area contributed by atoms with Crippen LogP contribution >= 0.6 is 23.2 Å². The molecular weight excluding hydrogens is 287 g/mol. The monoisotopic (exact) mass is 296 g/mol. The van der Waals surface area contributed by atoms with Crippen LogP contribution in [0.4, 0.5) is 0 Å². The Morgan fingerprint density at radius 2 is 1.89 bits per heavy atom. The van der Waals surface area contributed by atoms with Gasteiger partial charge in [-0.1, -0.05) is 53.0 Å². The summed E-state index contributed by atoms with van der Waals surface area (Å²) >= 11 is 11.4. The van der Waals surface area contributed by atoms with Gasteiger partial charge in [-0.3, -0.25) is 9.59 Å². The summed E-state index contributed by atoms with van der Waals surface area (Å²) in [5.74, 6) is -0.215.